The van der Waals surface area contributed by atoms with Crippen LogP contribution < -0.4 is 19.5 Å². The summed E-state index contributed by atoms with van der Waals surface area (Å²) >= 11 is 0. The van der Waals surface area contributed by atoms with Crippen LogP contribution >= 0.6 is 0 Å². The maximum absolute atomic E-state index is 12.7. The van der Waals surface area contributed by atoms with Gasteiger partial charge in [0.2, 0.25) is 6.79 Å². The molecule has 142 valence electrons. The summed E-state index contributed by atoms with van der Waals surface area (Å²) < 4.78 is 40.5. The molecule has 0 radical (unpaired) electrons. The standard InChI is InChI=1S/C18H22F2N2O4/c1-22(17(23)21-9-18(4-5-18)12-2-3-12)8-11-6-14-15(25-10-24-14)7-13(11)26-16(19)20/h6-7,12,16H,2-5,8-10H2,1H3,(H,21,23). The number of fused-ring (bicyclic) bond motifs is 1. The van der Waals surface area contributed by atoms with E-state index in [0.717, 1.165) is 5.92 Å². The average Bonchev–Trinajstić information content (AvgIpc) is 3.50. The highest BCUT2D eigenvalue weighted by Crippen LogP contribution is 2.60. The SMILES string of the molecule is CN(Cc1cc2c(cc1OC(F)F)OCO2)C(=O)NCC1(C2CC2)CC1. The van der Waals surface area contributed by atoms with E-state index in [9.17, 15) is 13.6 Å². The number of alkyl halides is 2. The smallest absolute Gasteiger partial charge is 0.387 e. The Morgan fingerprint density at radius 2 is 2.04 bits per heavy atom. The van der Waals surface area contributed by atoms with Crippen LogP contribution in [0.1, 0.15) is 31.2 Å². The minimum atomic E-state index is -2.96. The van der Waals surface area contributed by atoms with E-state index in [1.54, 1.807) is 13.1 Å². The predicted octanol–water partition coefficient (Wildman–Crippen LogP) is 3.35. The lowest BCUT2D eigenvalue weighted by molar-refractivity contribution is -0.0507. The van der Waals surface area contributed by atoms with Crippen LogP contribution in [0.15, 0.2) is 12.1 Å². The van der Waals surface area contributed by atoms with Crippen LogP contribution in [-0.2, 0) is 6.54 Å². The van der Waals surface area contributed by atoms with E-state index in [2.05, 4.69) is 10.1 Å². The molecule has 2 fully saturated rings. The third-order valence-corrected chi connectivity index (χ3v) is 5.45. The number of rotatable bonds is 7. The third-order valence-electron chi connectivity index (χ3n) is 5.45. The molecule has 0 saturated heterocycles. The monoisotopic (exact) mass is 368 g/mol. The van der Waals surface area contributed by atoms with Crippen molar-refractivity contribution in [2.45, 2.75) is 38.8 Å². The third kappa shape index (κ3) is 3.50. The van der Waals surface area contributed by atoms with Gasteiger partial charge in [0.25, 0.3) is 0 Å². The van der Waals surface area contributed by atoms with Crippen molar-refractivity contribution < 1.29 is 27.8 Å². The van der Waals surface area contributed by atoms with Crippen molar-refractivity contribution in [1.82, 2.24) is 10.2 Å². The summed E-state index contributed by atoms with van der Waals surface area (Å²) in [5.41, 5.74) is 0.745. The van der Waals surface area contributed by atoms with Gasteiger partial charge in [0.15, 0.2) is 11.5 Å². The fraction of sp³-hybridized carbons (Fsp3) is 0.611. The van der Waals surface area contributed by atoms with Crippen LogP contribution in [0.25, 0.3) is 0 Å². The first-order valence-electron chi connectivity index (χ1n) is 8.83. The molecule has 1 aliphatic heterocycles. The van der Waals surface area contributed by atoms with Crippen LogP contribution in [0, 0.1) is 11.3 Å². The second-order valence-corrected chi connectivity index (χ2v) is 7.34. The van der Waals surface area contributed by atoms with Gasteiger partial charge >= 0.3 is 12.6 Å². The van der Waals surface area contributed by atoms with E-state index in [1.807, 2.05) is 0 Å². The highest BCUT2D eigenvalue weighted by Gasteiger charge is 2.53. The Hall–Kier alpha value is -2.25. The van der Waals surface area contributed by atoms with Crippen molar-refractivity contribution in [1.29, 1.82) is 0 Å². The number of benzene rings is 1. The van der Waals surface area contributed by atoms with Gasteiger partial charge in [0, 0.05) is 25.2 Å². The summed E-state index contributed by atoms with van der Waals surface area (Å²) in [5, 5.41) is 2.98. The Kier molecular flexibility index (Phi) is 4.28. The first-order chi connectivity index (χ1) is 12.5. The van der Waals surface area contributed by atoms with E-state index in [0.29, 0.717) is 29.0 Å². The molecule has 26 heavy (non-hydrogen) atoms. The summed E-state index contributed by atoms with van der Waals surface area (Å²) in [6, 6.07) is 2.73. The average molecular weight is 368 g/mol. The predicted molar refractivity (Wildman–Crippen MR) is 88.5 cm³/mol. The number of urea groups is 1. The van der Waals surface area contributed by atoms with Crippen molar-refractivity contribution in [2.24, 2.45) is 11.3 Å². The minimum Gasteiger partial charge on any atom is -0.454 e. The molecule has 1 aromatic rings. The fourth-order valence-corrected chi connectivity index (χ4v) is 3.59. The van der Waals surface area contributed by atoms with Gasteiger partial charge in [-0.05, 0) is 43.1 Å². The Morgan fingerprint density at radius 3 is 2.65 bits per heavy atom. The normalized spacial score (nSPS) is 19.4. The first-order valence-corrected chi connectivity index (χ1v) is 8.83. The van der Waals surface area contributed by atoms with Gasteiger partial charge in [-0.1, -0.05) is 0 Å². The molecule has 6 nitrogen and oxygen atoms in total. The molecule has 3 aliphatic rings. The van der Waals surface area contributed by atoms with E-state index in [-0.39, 0.29) is 25.1 Å². The van der Waals surface area contributed by atoms with Crippen LogP contribution in [-0.4, -0.2) is 37.9 Å². The van der Waals surface area contributed by atoms with Crippen molar-refractivity contribution >= 4 is 6.03 Å². The maximum atomic E-state index is 12.7. The highest BCUT2D eigenvalue weighted by atomic mass is 19.3. The van der Waals surface area contributed by atoms with Gasteiger partial charge in [-0.2, -0.15) is 8.78 Å². The van der Waals surface area contributed by atoms with Crippen LogP contribution in [0.2, 0.25) is 0 Å². The van der Waals surface area contributed by atoms with Crippen molar-refractivity contribution in [3.8, 4) is 17.2 Å². The maximum Gasteiger partial charge on any atom is 0.387 e. The molecule has 8 heteroatoms. The summed E-state index contributed by atoms with van der Waals surface area (Å²) in [6.07, 6.45) is 4.88. The number of hydrogen-bond donors (Lipinski definition) is 1. The minimum absolute atomic E-state index is 0.0134. The molecule has 0 aromatic heterocycles. The lowest BCUT2D eigenvalue weighted by atomic mass is 10.0. The first kappa shape index (κ1) is 17.2. The Labute approximate surface area is 150 Å². The largest absolute Gasteiger partial charge is 0.454 e. The zero-order valence-corrected chi connectivity index (χ0v) is 14.6. The number of nitrogens with one attached hydrogen (secondary N) is 1. The van der Waals surface area contributed by atoms with Gasteiger partial charge < -0.3 is 24.4 Å². The molecular weight excluding hydrogens is 346 g/mol. The lowest BCUT2D eigenvalue weighted by Crippen LogP contribution is -2.40. The number of amides is 2. The molecule has 1 aromatic carbocycles. The summed E-state index contributed by atoms with van der Waals surface area (Å²) in [5.74, 6) is 1.56. The van der Waals surface area contributed by atoms with Gasteiger partial charge in [0.1, 0.15) is 5.75 Å². The van der Waals surface area contributed by atoms with E-state index < -0.39 is 6.61 Å². The van der Waals surface area contributed by atoms with E-state index >= 15 is 0 Å². The molecule has 0 atom stereocenters. The molecule has 0 unspecified atom stereocenters. The van der Waals surface area contributed by atoms with Crippen LogP contribution in [0.5, 0.6) is 17.2 Å². The van der Waals surface area contributed by atoms with Gasteiger partial charge in [-0.25, -0.2) is 4.79 Å². The second-order valence-electron chi connectivity index (χ2n) is 7.34. The number of carbonyl (C=O) groups excluding carboxylic acids is 1. The second kappa shape index (κ2) is 6.48. The number of halogens is 2. The van der Waals surface area contributed by atoms with Crippen molar-refractivity contribution in [3.05, 3.63) is 17.7 Å². The lowest BCUT2D eigenvalue weighted by Gasteiger charge is -2.22. The number of carbonyl (C=O) groups is 1. The molecule has 1 N–H and O–H groups in total. The van der Waals surface area contributed by atoms with Crippen molar-refractivity contribution in [3.63, 3.8) is 0 Å². The van der Waals surface area contributed by atoms with Gasteiger partial charge in [0.05, 0.1) is 6.54 Å². The Balaban J connectivity index is 1.41. The Bertz CT molecular complexity index is 705. The summed E-state index contributed by atoms with van der Waals surface area (Å²) in [7, 11) is 1.63. The van der Waals surface area contributed by atoms with Crippen LogP contribution in [0.4, 0.5) is 13.6 Å². The Morgan fingerprint density at radius 1 is 1.35 bits per heavy atom. The number of nitrogens with zero attached hydrogens (tertiary/aromatic N) is 1. The molecule has 4 rings (SSSR count). The quantitative estimate of drug-likeness (QED) is 0.802. The molecular formula is C18H22F2N2O4. The zero-order chi connectivity index (χ0) is 18.3. The van der Waals surface area contributed by atoms with Crippen molar-refractivity contribution in [2.75, 3.05) is 20.4 Å². The topological polar surface area (TPSA) is 60.0 Å². The molecule has 0 bridgehead atoms. The van der Waals surface area contributed by atoms with E-state index in [4.69, 9.17) is 9.47 Å². The molecule has 0 spiro atoms. The summed E-state index contributed by atoms with van der Waals surface area (Å²) in [4.78, 5) is 13.9. The van der Waals surface area contributed by atoms with Gasteiger partial charge in [-0.15, -0.1) is 0 Å². The van der Waals surface area contributed by atoms with Crippen LogP contribution in [0.3, 0.4) is 0 Å². The molecule has 2 saturated carbocycles. The molecule has 2 amide bonds. The molecule has 2 aliphatic carbocycles. The van der Waals surface area contributed by atoms with Gasteiger partial charge in [-0.3, -0.25) is 0 Å². The fourth-order valence-electron chi connectivity index (χ4n) is 3.59. The number of hydrogen-bond acceptors (Lipinski definition) is 4. The molecule has 1 heterocycles. The number of ether oxygens (including phenoxy) is 3. The zero-order valence-electron chi connectivity index (χ0n) is 14.6. The van der Waals surface area contributed by atoms with E-state index in [1.165, 1.54) is 36.6 Å². The highest BCUT2D eigenvalue weighted by molar-refractivity contribution is 5.74. The summed E-state index contributed by atoms with van der Waals surface area (Å²) in [6.45, 7) is -2.11.